The molecule has 2 aromatic rings. The quantitative estimate of drug-likeness (QED) is 0.915. The zero-order chi connectivity index (χ0) is 16.2. The normalized spacial score (nSPS) is 18.5. The van der Waals surface area contributed by atoms with E-state index in [1.54, 1.807) is 18.3 Å². The summed E-state index contributed by atoms with van der Waals surface area (Å²) in [7, 11) is 0. The molecule has 23 heavy (non-hydrogen) atoms. The number of hydrogen-bond acceptors (Lipinski definition) is 4. The molecule has 1 N–H and O–H groups in total. The molecule has 0 saturated carbocycles. The number of aromatic nitrogens is 2. The molecule has 6 nitrogen and oxygen atoms in total. The van der Waals surface area contributed by atoms with E-state index in [-0.39, 0.29) is 17.7 Å². The number of benzene rings is 1. The minimum atomic E-state index is -0.377. The SMILES string of the molecule is C[C@@H]1CN(C(=O)c2ccc(-c3cnc(=O)[nH]c3)cc2)CCCO1. The van der Waals surface area contributed by atoms with E-state index in [9.17, 15) is 9.59 Å². The van der Waals surface area contributed by atoms with Gasteiger partial charge in [0.2, 0.25) is 0 Å². The van der Waals surface area contributed by atoms with Crippen LogP contribution in [0.25, 0.3) is 11.1 Å². The van der Waals surface area contributed by atoms with Gasteiger partial charge in [0.15, 0.2) is 0 Å². The lowest BCUT2D eigenvalue weighted by Crippen LogP contribution is -2.35. The second-order valence-corrected chi connectivity index (χ2v) is 5.67. The predicted molar refractivity (Wildman–Crippen MR) is 86.2 cm³/mol. The van der Waals surface area contributed by atoms with Gasteiger partial charge in [0.05, 0.1) is 6.10 Å². The van der Waals surface area contributed by atoms with Crippen LogP contribution >= 0.6 is 0 Å². The molecular formula is C17H19N3O3. The maximum Gasteiger partial charge on any atom is 0.344 e. The Labute approximate surface area is 134 Å². The van der Waals surface area contributed by atoms with Gasteiger partial charge in [-0.15, -0.1) is 0 Å². The highest BCUT2D eigenvalue weighted by Gasteiger charge is 2.20. The summed E-state index contributed by atoms with van der Waals surface area (Å²) in [5, 5.41) is 0. The second kappa shape index (κ2) is 6.75. The third-order valence-electron chi connectivity index (χ3n) is 3.88. The number of H-pyrrole nitrogens is 1. The van der Waals surface area contributed by atoms with Crippen molar-refractivity contribution in [2.75, 3.05) is 19.7 Å². The summed E-state index contributed by atoms with van der Waals surface area (Å²) in [5.74, 6) is 0.0218. The van der Waals surface area contributed by atoms with Gasteiger partial charge < -0.3 is 14.6 Å². The summed E-state index contributed by atoms with van der Waals surface area (Å²) in [6.45, 7) is 4.01. The van der Waals surface area contributed by atoms with Crippen LogP contribution in [0.3, 0.4) is 0 Å². The molecule has 1 amide bonds. The highest BCUT2D eigenvalue weighted by atomic mass is 16.5. The molecule has 0 unspecified atom stereocenters. The highest BCUT2D eigenvalue weighted by molar-refractivity contribution is 5.94. The van der Waals surface area contributed by atoms with Crippen molar-refractivity contribution < 1.29 is 9.53 Å². The van der Waals surface area contributed by atoms with Crippen LogP contribution in [-0.4, -0.2) is 46.6 Å². The molecule has 1 aromatic carbocycles. The van der Waals surface area contributed by atoms with Gasteiger partial charge in [0.1, 0.15) is 0 Å². The monoisotopic (exact) mass is 313 g/mol. The first-order valence-electron chi connectivity index (χ1n) is 7.69. The first kappa shape index (κ1) is 15.4. The van der Waals surface area contributed by atoms with Crippen LogP contribution in [0.15, 0.2) is 41.5 Å². The van der Waals surface area contributed by atoms with Gasteiger partial charge in [0, 0.05) is 43.2 Å². The van der Waals surface area contributed by atoms with Crippen molar-refractivity contribution in [3.8, 4) is 11.1 Å². The highest BCUT2D eigenvalue weighted by Crippen LogP contribution is 2.18. The lowest BCUT2D eigenvalue weighted by molar-refractivity contribution is 0.0563. The van der Waals surface area contributed by atoms with Crippen LogP contribution in [0.4, 0.5) is 0 Å². The Morgan fingerprint density at radius 2 is 2.09 bits per heavy atom. The maximum absolute atomic E-state index is 12.6. The van der Waals surface area contributed by atoms with Gasteiger partial charge in [-0.1, -0.05) is 12.1 Å². The van der Waals surface area contributed by atoms with E-state index in [0.717, 1.165) is 24.1 Å². The molecular weight excluding hydrogens is 294 g/mol. The van der Waals surface area contributed by atoms with E-state index in [2.05, 4.69) is 9.97 Å². The number of ether oxygens (including phenoxy) is 1. The second-order valence-electron chi connectivity index (χ2n) is 5.67. The van der Waals surface area contributed by atoms with Crippen molar-refractivity contribution in [3.05, 3.63) is 52.7 Å². The van der Waals surface area contributed by atoms with Gasteiger partial charge in [-0.05, 0) is 31.0 Å². The fraction of sp³-hybridized carbons (Fsp3) is 0.353. The van der Waals surface area contributed by atoms with Gasteiger partial charge in [-0.25, -0.2) is 9.78 Å². The molecule has 1 aliphatic heterocycles. The Morgan fingerprint density at radius 3 is 2.78 bits per heavy atom. The molecule has 3 rings (SSSR count). The minimum absolute atomic E-state index is 0.0218. The fourth-order valence-electron chi connectivity index (χ4n) is 2.67. The van der Waals surface area contributed by atoms with E-state index >= 15 is 0 Å². The number of nitrogens with one attached hydrogen (secondary N) is 1. The van der Waals surface area contributed by atoms with E-state index in [1.807, 2.05) is 24.0 Å². The van der Waals surface area contributed by atoms with Gasteiger partial charge in [0.25, 0.3) is 5.91 Å². The topological polar surface area (TPSA) is 75.3 Å². The largest absolute Gasteiger partial charge is 0.377 e. The Morgan fingerprint density at radius 1 is 1.30 bits per heavy atom. The molecule has 0 radical (unpaired) electrons. The average Bonchev–Trinajstić information content (AvgIpc) is 2.80. The molecule has 120 valence electrons. The Kier molecular flexibility index (Phi) is 4.52. The maximum atomic E-state index is 12.6. The zero-order valence-corrected chi connectivity index (χ0v) is 13.0. The molecule has 0 aliphatic carbocycles. The first-order valence-corrected chi connectivity index (χ1v) is 7.69. The molecule has 1 aliphatic rings. The van der Waals surface area contributed by atoms with Crippen LogP contribution in [0.2, 0.25) is 0 Å². The lowest BCUT2D eigenvalue weighted by Gasteiger charge is -2.22. The summed E-state index contributed by atoms with van der Waals surface area (Å²) >= 11 is 0. The number of carbonyl (C=O) groups is 1. The molecule has 0 spiro atoms. The van der Waals surface area contributed by atoms with Crippen LogP contribution in [-0.2, 0) is 4.74 Å². The zero-order valence-electron chi connectivity index (χ0n) is 13.0. The van der Waals surface area contributed by atoms with Crippen LogP contribution in [0.5, 0.6) is 0 Å². The smallest absolute Gasteiger partial charge is 0.344 e. The fourth-order valence-corrected chi connectivity index (χ4v) is 2.67. The van der Waals surface area contributed by atoms with Crippen molar-refractivity contribution in [3.63, 3.8) is 0 Å². The van der Waals surface area contributed by atoms with Crippen molar-refractivity contribution in [1.29, 1.82) is 0 Å². The van der Waals surface area contributed by atoms with E-state index in [0.29, 0.717) is 18.7 Å². The molecule has 0 bridgehead atoms. The molecule has 1 fully saturated rings. The number of carbonyl (C=O) groups excluding carboxylic acids is 1. The summed E-state index contributed by atoms with van der Waals surface area (Å²) in [4.78, 5) is 31.7. The average molecular weight is 313 g/mol. The summed E-state index contributed by atoms with van der Waals surface area (Å²) in [5.41, 5.74) is 1.98. The van der Waals surface area contributed by atoms with Gasteiger partial charge in [-0.3, -0.25) is 4.79 Å². The predicted octanol–water partition coefficient (Wildman–Crippen LogP) is 1.69. The number of nitrogens with zero attached hydrogens (tertiary/aromatic N) is 2. The number of aromatic amines is 1. The molecule has 1 atom stereocenters. The van der Waals surface area contributed by atoms with Crippen LogP contribution in [0, 0.1) is 0 Å². The first-order chi connectivity index (χ1) is 11.1. The Balaban J connectivity index is 1.77. The Bertz CT molecular complexity index is 719. The molecule has 1 aromatic heterocycles. The van der Waals surface area contributed by atoms with Crippen molar-refractivity contribution >= 4 is 5.91 Å². The molecule has 1 saturated heterocycles. The third kappa shape index (κ3) is 3.65. The number of hydrogen-bond donors (Lipinski definition) is 1. The summed E-state index contributed by atoms with van der Waals surface area (Å²) in [6.07, 6.45) is 4.05. The molecule has 2 heterocycles. The van der Waals surface area contributed by atoms with E-state index < -0.39 is 0 Å². The van der Waals surface area contributed by atoms with Crippen molar-refractivity contribution in [2.24, 2.45) is 0 Å². The number of rotatable bonds is 2. The van der Waals surface area contributed by atoms with Crippen LogP contribution in [0.1, 0.15) is 23.7 Å². The Hall–Kier alpha value is -2.47. The van der Waals surface area contributed by atoms with E-state index in [1.165, 1.54) is 6.20 Å². The summed E-state index contributed by atoms with van der Waals surface area (Å²) < 4.78 is 5.58. The van der Waals surface area contributed by atoms with Crippen molar-refractivity contribution in [2.45, 2.75) is 19.4 Å². The van der Waals surface area contributed by atoms with Gasteiger partial charge >= 0.3 is 5.69 Å². The lowest BCUT2D eigenvalue weighted by atomic mass is 10.1. The van der Waals surface area contributed by atoms with Gasteiger partial charge in [-0.2, -0.15) is 0 Å². The van der Waals surface area contributed by atoms with E-state index in [4.69, 9.17) is 4.74 Å². The van der Waals surface area contributed by atoms with Crippen molar-refractivity contribution in [1.82, 2.24) is 14.9 Å². The summed E-state index contributed by atoms with van der Waals surface area (Å²) in [6, 6.07) is 7.33. The minimum Gasteiger partial charge on any atom is -0.377 e. The standard InChI is InChI=1S/C17H19N3O3/c1-12-11-20(7-2-8-23-12)16(21)14-5-3-13(4-6-14)15-9-18-17(22)19-10-15/h3-6,9-10,12H,2,7-8,11H2,1H3,(H,18,19,22)/t12-/m1/s1. The molecule has 6 heteroatoms. The third-order valence-corrected chi connectivity index (χ3v) is 3.88. The van der Waals surface area contributed by atoms with Crippen LogP contribution < -0.4 is 5.69 Å². The number of amides is 1.